The smallest absolute Gasteiger partial charge is 0.255 e. The second kappa shape index (κ2) is 7.25. The average Bonchev–Trinajstić information content (AvgIpc) is 3.08. The molecule has 0 aromatic carbocycles. The van der Waals surface area contributed by atoms with E-state index in [0.29, 0.717) is 23.7 Å². The minimum absolute atomic E-state index is 0. The molecule has 0 saturated carbocycles. The van der Waals surface area contributed by atoms with Gasteiger partial charge in [0, 0.05) is 31.4 Å². The zero-order valence-corrected chi connectivity index (χ0v) is 15.4. The normalized spacial score (nSPS) is 25.0. The SMILES string of the molecule is Cc1nnc2ccc(C(=O)N(C)C3CC4CCC(C3)N4)cn12.Cl.Cl. The lowest BCUT2D eigenvalue weighted by molar-refractivity contribution is 0.0681. The van der Waals surface area contributed by atoms with Gasteiger partial charge in [-0.05, 0) is 44.7 Å². The van der Waals surface area contributed by atoms with Crippen LogP contribution in [0.4, 0.5) is 0 Å². The maximum Gasteiger partial charge on any atom is 0.255 e. The molecule has 1 N–H and O–H groups in total. The Hall–Kier alpha value is -1.37. The molecule has 0 aliphatic carbocycles. The largest absolute Gasteiger partial charge is 0.339 e. The van der Waals surface area contributed by atoms with Gasteiger partial charge in [0.25, 0.3) is 5.91 Å². The van der Waals surface area contributed by atoms with E-state index in [1.54, 1.807) is 0 Å². The molecule has 24 heavy (non-hydrogen) atoms. The summed E-state index contributed by atoms with van der Waals surface area (Å²) in [7, 11) is 1.93. The molecule has 2 atom stereocenters. The number of carbonyl (C=O) groups is 1. The van der Waals surface area contributed by atoms with Crippen LogP contribution in [0.3, 0.4) is 0 Å². The van der Waals surface area contributed by atoms with Gasteiger partial charge in [-0.3, -0.25) is 9.20 Å². The Morgan fingerprint density at radius 2 is 1.88 bits per heavy atom. The topological polar surface area (TPSA) is 62.5 Å². The predicted molar refractivity (Wildman–Crippen MR) is 97.3 cm³/mol. The molecule has 2 aromatic rings. The number of nitrogens with one attached hydrogen (secondary N) is 1. The number of aryl methyl sites for hydroxylation is 1. The van der Waals surface area contributed by atoms with Crippen LogP contribution >= 0.6 is 24.8 Å². The van der Waals surface area contributed by atoms with E-state index in [9.17, 15) is 4.79 Å². The lowest BCUT2D eigenvalue weighted by Gasteiger charge is -2.35. The van der Waals surface area contributed by atoms with Gasteiger partial charge in [-0.2, -0.15) is 0 Å². The van der Waals surface area contributed by atoms with Gasteiger partial charge in [0.2, 0.25) is 0 Å². The third-order valence-electron chi connectivity index (χ3n) is 5.14. The van der Waals surface area contributed by atoms with E-state index < -0.39 is 0 Å². The van der Waals surface area contributed by atoms with E-state index in [0.717, 1.165) is 24.3 Å². The van der Waals surface area contributed by atoms with E-state index in [4.69, 9.17) is 0 Å². The molecule has 132 valence electrons. The lowest BCUT2D eigenvalue weighted by atomic mass is 9.98. The van der Waals surface area contributed by atoms with Crippen LogP contribution < -0.4 is 5.32 Å². The van der Waals surface area contributed by atoms with Crippen molar-refractivity contribution in [2.45, 2.75) is 50.7 Å². The van der Waals surface area contributed by atoms with Crippen molar-refractivity contribution in [3.05, 3.63) is 29.7 Å². The first-order valence-electron chi connectivity index (χ1n) is 7.96. The molecule has 2 bridgehead atoms. The van der Waals surface area contributed by atoms with Crippen LogP contribution in [0.15, 0.2) is 18.3 Å². The summed E-state index contributed by atoms with van der Waals surface area (Å²) in [5.41, 5.74) is 1.47. The Balaban J connectivity index is 0.00000104. The van der Waals surface area contributed by atoms with Crippen molar-refractivity contribution >= 4 is 36.4 Å². The Morgan fingerprint density at radius 3 is 2.54 bits per heavy atom. The molecule has 0 spiro atoms. The fraction of sp³-hybridized carbons (Fsp3) is 0.562. The van der Waals surface area contributed by atoms with Crippen molar-refractivity contribution in [2.24, 2.45) is 0 Å². The zero-order valence-electron chi connectivity index (χ0n) is 13.8. The van der Waals surface area contributed by atoms with Gasteiger partial charge in [-0.15, -0.1) is 35.0 Å². The standard InChI is InChI=1S/C16H21N5O.2ClH/c1-10-18-19-15-6-3-11(9-21(10)15)16(22)20(2)14-7-12-4-5-13(8-14)17-12;;/h3,6,9,12-14,17H,4-5,7-8H2,1-2H3;2*1H. The molecular weight excluding hydrogens is 349 g/mol. The quantitative estimate of drug-likeness (QED) is 0.878. The number of amides is 1. The summed E-state index contributed by atoms with van der Waals surface area (Å²) in [6.45, 7) is 1.89. The van der Waals surface area contributed by atoms with Crippen molar-refractivity contribution < 1.29 is 4.79 Å². The van der Waals surface area contributed by atoms with Crippen LogP contribution in [0, 0.1) is 6.92 Å². The minimum Gasteiger partial charge on any atom is -0.339 e. The maximum atomic E-state index is 12.8. The highest BCUT2D eigenvalue weighted by atomic mass is 35.5. The number of hydrogen-bond acceptors (Lipinski definition) is 4. The van der Waals surface area contributed by atoms with Crippen LogP contribution in [-0.4, -0.2) is 50.6 Å². The molecule has 2 aliphatic rings. The second-order valence-corrected chi connectivity index (χ2v) is 6.57. The summed E-state index contributed by atoms with van der Waals surface area (Å²) < 4.78 is 1.87. The van der Waals surface area contributed by atoms with E-state index in [-0.39, 0.29) is 30.7 Å². The Bertz CT molecular complexity index is 722. The highest BCUT2D eigenvalue weighted by molar-refractivity contribution is 5.94. The number of rotatable bonds is 2. The number of hydrogen-bond donors (Lipinski definition) is 1. The molecule has 2 unspecified atom stereocenters. The minimum atomic E-state index is 0. The second-order valence-electron chi connectivity index (χ2n) is 6.57. The van der Waals surface area contributed by atoms with Crippen LogP contribution in [0.1, 0.15) is 41.9 Å². The van der Waals surface area contributed by atoms with E-state index in [1.165, 1.54) is 12.8 Å². The number of halogens is 2. The summed E-state index contributed by atoms with van der Waals surface area (Å²) >= 11 is 0. The fourth-order valence-electron chi connectivity index (χ4n) is 3.84. The van der Waals surface area contributed by atoms with Gasteiger partial charge in [0.15, 0.2) is 5.65 Å². The van der Waals surface area contributed by atoms with Crippen LogP contribution in [0.25, 0.3) is 5.65 Å². The molecule has 2 aromatic heterocycles. The number of aromatic nitrogens is 3. The Labute approximate surface area is 153 Å². The van der Waals surface area contributed by atoms with Crippen LogP contribution in [0.2, 0.25) is 0 Å². The van der Waals surface area contributed by atoms with Gasteiger partial charge in [0.1, 0.15) is 5.82 Å². The lowest BCUT2D eigenvalue weighted by Crippen LogP contribution is -2.48. The Kier molecular flexibility index (Phi) is 5.73. The number of pyridine rings is 1. The first kappa shape index (κ1) is 19.0. The van der Waals surface area contributed by atoms with Gasteiger partial charge >= 0.3 is 0 Å². The molecular formula is C16H23Cl2N5O. The molecule has 2 fully saturated rings. The first-order chi connectivity index (χ1) is 10.6. The molecule has 2 saturated heterocycles. The van der Waals surface area contributed by atoms with E-state index in [2.05, 4.69) is 15.5 Å². The third kappa shape index (κ3) is 3.23. The summed E-state index contributed by atoms with van der Waals surface area (Å²) in [5.74, 6) is 0.883. The maximum absolute atomic E-state index is 12.8. The van der Waals surface area contributed by atoms with Crippen LogP contribution in [0.5, 0.6) is 0 Å². The summed E-state index contributed by atoms with van der Waals surface area (Å²) in [5, 5.41) is 11.7. The van der Waals surface area contributed by atoms with Gasteiger partial charge < -0.3 is 10.2 Å². The average molecular weight is 372 g/mol. The van der Waals surface area contributed by atoms with Crippen molar-refractivity contribution in [3.8, 4) is 0 Å². The fourth-order valence-corrected chi connectivity index (χ4v) is 3.84. The molecule has 4 rings (SSSR count). The summed E-state index contributed by atoms with van der Waals surface area (Å²) in [4.78, 5) is 14.7. The monoisotopic (exact) mass is 371 g/mol. The van der Waals surface area contributed by atoms with E-state index in [1.807, 2.05) is 41.6 Å². The Morgan fingerprint density at radius 1 is 1.21 bits per heavy atom. The van der Waals surface area contributed by atoms with Crippen molar-refractivity contribution in [2.75, 3.05) is 7.05 Å². The van der Waals surface area contributed by atoms with Gasteiger partial charge in [-0.1, -0.05) is 0 Å². The highest BCUT2D eigenvalue weighted by Gasteiger charge is 2.36. The molecule has 0 radical (unpaired) electrons. The molecule has 6 nitrogen and oxygen atoms in total. The van der Waals surface area contributed by atoms with Crippen molar-refractivity contribution in [1.82, 2.24) is 24.8 Å². The number of fused-ring (bicyclic) bond motifs is 3. The molecule has 2 aliphatic heterocycles. The van der Waals surface area contributed by atoms with Crippen LogP contribution in [-0.2, 0) is 0 Å². The zero-order chi connectivity index (χ0) is 15.3. The summed E-state index contributed by atoms with van der Waals surface area (Å²) in [6, 6.07) is 5.21. The molecule has 8 heteroatoms. The number of carbonyl (C=O) groups excluding carboxylic acids is 1. The van der Waals surface area contributed by atoms with Crippen molar-refractivity contribution in [3.63, 3.8) is 0 Å². The summed E-state index contributed by atoms with van der Waals surface area (Å²) in [6.07, 6.45) is 6.46. The molecule has 4 heterocycles. The van der Waals surface area contributed by atoms with Crippen molar-refractivity contribution in [1.29, 1.82) is 0 Å². The van der Waals surface area contributed by atoms with E-state index >= 15 is 0 Å². The highest BCUT2D eigenvalue weighted by Crippen LogP contribution is 2.29. The third-order valence-corrected chi connectivity index (χ3v) is 5.14. The predicted octanol–water partition coefficient (Wildman–Crippen LogP) is 2.24. The first-order valence-corrected chi connectivity index (χ1v) is 7.96. The van der Waals surface area contributed by atoms with Gasteiger partial charge in [-0.25, -0.2) is 0 Å². The van der Waals surface area contributed by atoms with Gasteiger partial charge in [0.05, 0.1) is 5.56 Å². The molecule has 1 amide bonds. The number of piperidine rings is 1. The number of nitrogens with zero attached hydrogens (tertiary/aromatic N) is 4.